The Kier molecular flexibility index (Phi) is 6.06. The number of ether oxygens (including phenoxy) is 2. The summed E-state index contributed by atoms with van der Waals surface area (Å²) in [4.78, 5) is 18.1. The first-order valence-electron chi connectivity index (χ1n) is 7.72. The summed E-state index contributed by atoms with van der Waals surface area (Å²) in [6, 6.07) is 9.49. The number of hydrogen-bond acceptors (Lipinski definition) is 5. The number of rotatable bonds is 6. The Bertz CT molecular complexity index is 958. The van der Waals surface area contributed by atoms with Crippen molar-refractivity contribution in [3.63, 3.8) is 0 Å². The Morgan fingerprint density at radius 2 is 2.12 bits per heavy atom. The van der Waals surface area contributed by atoms with Crippen LogP contribution < -0.4 is 9.54 Å². The quantitative estimate of drug-likeness (QED) is 0.536. The Hall–Kier alpha value is -1.48. The van der Waals surface area contributed by atoms with Gasteiger partial charge in [0.2, 0.25) is 0 Å². The van der Waals surface area contributed by atoms with Gasteiger partial charge in [0.05, 0.1) is 32.6 Å². The topological polar surface area (TPSA) is 52.8 Å². The maximum Gasteiger partial charge on any atom is 0.289 e. The smallest absolute Gasteiger partial charge is 0.289 e. The van der Waals surface area contributed by atoms with Crippen LogP contribution >= 0.6 is 38.6 Å². The van der Waals surface area contributed by atoms with Crippen LogP contribution in [0.5, 0.6) is 5.75 Å². The van der Waals surface area contributed by atoms with E-state index in [-0.39, 0.29) is 5.91 Å². The molecule has 3 rings (SSSR count). The Labute approximate surface area is 161 Å². The number of nitrogens with zero attached hydrogens (tertiary/aromatic N) is 2. The number of fused-ring (bicyclic) bond motifs is 1. The van der Waals surface area contributed by atoms with Crippen LogP contribution in [0.2, 0.25) is 0 Å². The van der Waals surface area contributed by atoms with Crippen molar-refractivity contribution in [1.82, 2.24) is 4.57 Å². The summed E-state index contributed by atoms with van der Waals surface area (Å²) >= 11 is 6.23. The molecule has 0 atom stereocenters. The number of benzene rings is 1. The highest BCUT2D eigenvalue weighted by molar-refractivity contribution is 9.11. The Morgan fingerprint density at radius 1 is 1.28 bits per heavy atom. The third-order valence-corrected chi connectivity index (χ3v) is 6.19. The van der Waals surface area contributed by atoms with Crippen molar-refractivity contribution in [2.24, 2.45) is 4.99 Å². The number of hydrogen-bond donors (Lipinski definition) is 0. The minimum absolute atomic E-state index is 0.237. The van der Waals surface area contributed by atoms with E-state index in [1.54, 1.807) is 13.2 Å². The summed E-state index contributed by atoms with van der Waals surface area (Å²) in [6.45, 7) is 3.83. The lowest BCUT2D eigenvalue weighted by Crippen LogP contribution is -2.19. The minimum Gasteiger partial charge on any atom is -0.497 e. The fraction of sp³-hybridized carbons (Fsp3) is 0.294. The van der Waals surface area contributed by atoms with E-state index >= 15 is 0 Å². The second-order valence-corrected chi connectivity index (χ2v) is 8.56. The monoisotopic (exact) mass is 440 g/mol. The molecule has 0 aliphatic rings. The molecule has 3 aromatic rings. The zero-order valence-corrected chi connectivity index (χ0v) is 17.0. The number of aromatic nitrogens is 1. The van der Waals surface area contributed by atoms with Gasteiger partial charge in [-0.1, -0.05) is 11.3 Å². The number of carbonyl (C=O) groups is 1. The third-order valence-electron chi connectivity index (χ3n) is 3.53. The Balaban J connectivity index is 2.06. The summed E-state index contributed by atoms with van der Waals surface area (Å²) in [6.07, 6.45) is 0. The van der Waals surface area contributed by atoms with E-state index in [2.05, 4.69) is 20.9 Å². The zero-order valence-electron chi connectivity index (χ0n) is 13.8. The van der Waals surface area contributed by atoms with Crippen LogP contribution in [0.15, 0.2) is 39.1 Å². The maximum atomic E-state index is 12.5. The molecule has 0 fully saturated rings. The molecule has 2 aromatic heterocycles. The standard InChI is InChI=1S/C17H17BrN2O3S2/c1-3-23-9-8-20-12-5-4-11(22-2)10-14(12)25-17(20)19-16(21)13-6-7-15(18)24-13/h4-7,10H,3,8-9H2,1-2H3. The molecule has 0 radical (unpaired) electrons. The summed E-state index contributed by atoms with van der Waals surface area (Å²) in [5.41, 5.74) is 1.02. The van der Waals surface area contributed by atoms with Gasteiger partial charge in [0.15, 0.2) is 4.80 Å². The van der Waals surface area contributed by atoms with Crippen LogP contribution in [0.4, 0.5) is 0 Å². The van der Waals surface area contributed by atoms with Gasteiger partial charge >= 0.3 is 0 Å². The SMILES string of the molecule is CCOCCn1c(=NC(=O)c2ccc(Br)s2)sc2cc(OC)ccc21. The van der Waals surface area contributed by atoms with Crippen molar-refractivity contribution >= 4 is 54.7 Å². The van der Waals surface area contributed by atoms with Crippen molar-refractivity contribution in [3.8, 4) is 5.75 Å². The first-order valence-corrected chi connectivity index (χ1v) is 10.1. The number of thiophene rings is 1. The van der Waals surface area contributed by atoms with Gasteiger partial charge in [-0.2, -0.15) is 4.99 Å². The summed E-state index contributed by atoms with van der Waals surface area (Å²) < 4.78 is 14.7. The van der Waals surface area contributed by atoms with Crippen LogP contribution in [0.3, 0.4) is 0 Å². The van der Waals surface area contributed by atoms with Crippen LogP contribution in [-0.2, 0) is 11.3 Å². The van der Waals surface area contributed by atoms with E-state index in [4.69, 9.17) is 9.47 Å². The molecule has 8 heteroatoms. The molecular formula is C17H17BrN2O3S2. The molecule has 0 bridgehead atoms. The first-order chi connectivity index (χ1) is 12.1. The molecule has 0 saturated carbocycles. The fourth-order valence-electron chi connectivity index (χ4n) is 2.35. The third kappa shape index (κ3) is 4.20. The van der Waals surface area contributed by atoms with Gasteiger partial charge < -0.3 is 14.0 Å². The van der Waals surface area contributed by atoms with Gasteiger partial charge in [-0.15, -0.1) is 11.3 Å². The van der Waals surface area contributed by atoms with Crippen LogP contribution in [0, 0.1) is 0 Å². The van der Waals surface area contributed by atoms with Crippen LogP contribution in [-0.4, -0.2) is 30.8 Å². The number of methoxy groups -OCH3 is 1. The molecule has 5 nitrogen and oxygen atoms in total. The molecule has 0 aliphatic carbocycles. The molecule has 25 heavy (non-hydrogen) atoms. The molecular weight excluding hydrogens is 424 g/mol. The van der Waals surface area contributed by atoms with Crippen molar-refractivity contribution < 1.29 is 14.3 Å². The largest absolute Gasteiger partial charge is 0.497 e. The summed E-state index contributed by atoms with van der Waals surface area (Å²) in [5.74, 6) is 0.546. The predicted octanol–water partition coefficient (Wildman–Crippen LogP) is 4.31. The number of thiazole rings is 1. The number of halogens is 1. The highest BCUT2D eigenvalue weighted by Crippen LogP contribution is 2.24. The second-order valence-electron chi connectivity index (χ2n) is 5.09. The van der Waals surface area contributed by atoms with Crippen molar-refractivity contribution in [2.75, 3.05) is 20.3 Å². The van der Waals surface area contributed by atoms with Crippen LogP contribution in [0.25, 0.3) is 10.2 Å². The van der Waals surface area contributed by atoms with Gasteiger partial charge in [0.1, 0.15) is 5.75 Å². The average Bonchev–Trinajstić information content (AvgIpc) is 3.18. The molecule has 0 saturated heterocycles. The predicted molar refractivity (Wildman–Crippen MR) is 105 cm³/mol. The molecule has 0 unspecified atom stereocenters. The van der Waals surface area contributed by atoms with E-state index in [9.17, 15) is 4.79 Å². The molecule has 0 spiro atoms. The van der Waals surface area contributed by atoms with Gasteiger partial charge in [-0.25, -0.2) is 0 Å². The minimum atomic E-state index is -0.237. The number of carbonyl (C=O) groups excluding carboxylic acids is 1. The normalized spacial score (nSPS) is 12.0. The Morgan fingerprint density at radius 3 is 2.80 bits per heavy atom. The molecule has 132 valence electrons. The average molecular weight is 441 g/mol. The zero-order chi connectivity index (χ0) is 17.8. The van der Waals surface area contributed by atoms with Gasteiger partial charge in [-0.3, -0.25) is 4.79 Å². The van der Waals surface area contributed by atoms with Crippen molar-refractivity contribution in [3.05, 3.63) is 43.8 Å². The number of amides is 1. The second kappa shape index (κ2) is 8.27. The lowest BCUT2D eigenvalue weighted by atomic mass is 10.3. The van der Waals surface area contributed by atoms with Gasteiger partial charge in [0.25, 0.3) is 5.91 Å². The highest BCUT2D eigenvalue weighted by atomic mass is 79.9. The van der Waals surface area contributed by atoms with Crippen molar-refractivity contribution in [2.45, 2.75) is 13.5 Å². The summed E-state index contributed by atoms with van der Waals surface area (Å²) in [7, 11) is 1.64. The maximum absolute atomic E-state index is 12.5. The molecule has 1 aromatic carbocycles. The van der Waals surface area contributed by atoms with E-state index in [1.807, 2.05) is 35.8 Å². The first kappa shape index (κ1) is 18.3. The van der Waals surface area contributed by atoms with E-state index in [0.717, 1.165) is 19.8 Å². The molecule has 1 amide bonds. The van der Waals surface area contributed by atoms with E-state index < -0.39 is 0 Å². The van der Waals surface area contributed by atoms with E-state index in [1.165, 1.54) is 22.7 Å². The van der Waals surface area contributed by atoms with E-state index in [0.29, 0.717) is 29.4 Å². The van der Waals surface area contributed by atoms with Crippen molar-refractivity contribution in [1.29, 1.82) is 0 Å². The molecule has 0 aliphatic heterocycles. The van der Waals surface area contributed by atoms with Gasteiger partial charge in [0, 0.05) is 13.2 Å². The lowest BCUT2D eigenvalue weighted by Gasteiger charge is -2.06. The van der Waals surface area contributed by atoms with Gasteiger partial charge in [-0.05, 0) is 53.2 Å². The molecule has 0 N–H and O–H groups in total. The molecule has 2 heterocycles. The lowest BCUT2D eigenvalue weighted by molar-refractivity contribution is 0.100. The van der Waals surface area contributed by atoms with Crippen LogP contribution in [0.1, 0.15) is 16.6 Å². The fourth-order valence-corrected chi connectivity index (χ4v) is 4.71. The highest BCUT2D eigenvalue weighted by Gasteiger charge is 2.11. The summed E-state index contributed by atoms with van der Waals surface area (Å²) in [5, 5.41) is 0.